The van der Waals surface area contributed by atoms with Gasteiger partial charge in [0.25, 0.3) is 0 Å². The van der Waals surface area contributed by atoms with E-state index in [1.54, 1.807) is 5.57 Å². The van der Waals surface area contributed by atoms with Crippen molar-refractivity contribution in [2.24, 2.45) is 40.4 Å². The summed E-state index contributed by atoms with van der Waals surface area (Å²) in [5.74, 6) is 4.46. The SMILES string of the molecule is C=CCCC[C@@H](C)[C@H]1CC[C@H]2[C@@H]3CC=C4C[C@@](C)(O)CC[C@]4(C)[C@H]3CC[C@]12C. The Kier molecular flexibility index (Phi) is 5.39. The van der Waals surface area contributed by atoms with Crippen molar-refractivity contribution in [3.8, 4) is 0 Å². The van der Waals surface area contributed by atoms with Gasteiger partial charge in [0, 0.05) is 0 Å². The van der Waals surface area contributed by atoms with E-state index in [2.05, 4.69) is 39.5 Å². The van der Waals surface area contributed by atoms with Crippen molar-refractivity contribution in [1.29, 1.82) is 0 Å². The molecule has 1 N–H and O–H groups in total. The van der Waals surface area contributed by atoms with Crippen molar-refractivity contribution in [2.45, 2.75) is 104 Å². The Morgan fingerprint density at radius 3 is 2.68 bits per heavy atom. The number of fused-ring (bicyclic) bond motifs is 5. The van der Waals surface area contributed by atoms with Gasteiger partial charge in [0.2, 0.25) is 0 Å². The fourth-order valence-corrected chi connectivity index (χ4v) is 8.57. The highest BCUT2D eigenvalue weighted by molar-refractivity contribution is 5.26. The summed E-state index contributed by atoms with van der Waals surface area (Å²) in [7, 11) is 0. The van der Waals surface area contributed by atoms with Crippen LogP contribution in [0.4, 0.5) is 0 Å². The lowest BCUT2D eigenvalue weighted by atomic mass is 9.46. The molecule has 0 saturated heterocycles. The van der Waals surface area contributed by atoms with Crippen LogP contribution in [0, 0.1) is 40.4 Å². The topological polar surface area (TPSA) is 20.2 Å². The summed E-state index contributed by atoms with van der Waals surface area (Å²) in [5, 5.41) is 10.7. The summed E-state index contributed by atoms with van der Waals surface area (Å²) in [6.07, 6.45) is 18.7. The maximum atomic E-state index is 10.7. The summed E-state index contributed by atoms with van der Waals surface area (Å²) in [6.45, 7) is 13.7. The average Bonchev–Trinajstić information content (AvgIpc) is 2.99. The highest BCUT2D eigenvalue weighted by Crippen LogP contribution is 2.67. The lowest BCUT2D eigenvalue weighted by Gasteiger charge is -2.59. The molecule has 158 valence electrons. The van der Waals surface area contributed by atoms with Crippen LogP contribution in [0.5, 0.6) is 0 Å². The quantitative estimate of drug-likeness (QED) is 0.389. The molecule has 0 spiro atoms. The van der Waals surface area contributed by atoms with Gasteiger partial charge in [0.1, 0.15) is 0 Å². The molecule has 4 aliphatic carbocycles. The van der Waals surface area contributed by atoms with Gasteiger partial charge in [-0.25, -0.2) is 0 Å². The van der Waals surface area contributed by atoms with Gasteiger partial charge < -0.3 is 5.11 Å². The van der Waals surface area contributed by atoms with E-state index in [1.165, 1.54) is 57.8 Å². The molecule has 0 radical (unpaired) electrons. The van der Waals surface area contributed by atoms with Gasteiger partial charge in [-0.3, -0.25) is 0 Å². The van der Waals surface area contributed by atoms with Gasteiger partial charge in [-0.05, 0) is 112 Å². The Bertz CT molecular complexity index is 630. The molecule has 0 unspecified atom stereocenters. The normalized spacial score (nSPS) is 48.8. The summed E-state index contributed by atoms with van der Waals surface area (Å²) >= 11 is 0. The monoisotopic (exact) mass is 384 g/mol. The number of unbranched alkanes of at least 4 members (excludes halogenated alkanes) is 1. The number of allylic oxidation sites excluding steroid dienone is 2. The van der Waals surface area contributed by atoms with Crippen molar-refractivity contribution in [3.05, 3.63) is 24.3 Å². The number of rotatable bonds is 5. The van der Waals surface area contributed by atoms with Crippen molar-refractivity contribution >= 4 is 0 Å². The van der Waals surface area contributed by atoms with Gasteiger partial charge in [-0.1, -0.05) is 44.9 Å². The molecule has 0 aromatic heterocycles. The van der Waals surface area contributed by atoms with E-state index in [0.717, 1.165) is 42.4 Å². The van der Waals surface area contributed by atoms with Crippen molar-refractivity contribution < 1.29 is 5.11 Å². The smallest absolute Gasteiger partial charge is 0.0657 e. The third-order valence-electron chi connectivity index (χ3n) is 10.2. The molecule has 4 rings (SSSR count). The molecule has 0 heterocycles. The van der Waals surface area contributed by atoms with Crippen LogP contribution in [0.3, 0.4) is 0 Å². The highest BCUT2D eigenvalue weighted by Gasteiger charge is 2.59. The van der Waals surface area contributed by atoms with Gasteiger partial charge >= 0.3 is 0 Å². The summed E-state index contributed by atoms with van der Waals surface area (Å²) in [5.41, 5.74) is 2.05. The molecule has 0 bridgehead atoms. The van der Waals surface area contributed by atoms with Crippen molar-refractivity contribution in [1.82, 2.24) is 0 Å². The minimum Gasteiger partial charge on any atom is -0.390 e. The zero-order chi connectivity index (χ0) is 20.2. The van der Waals surface area contributed by atoms with Gasteiger partial charge in [0.05, 0.1) is 5.60 Å². The highest BCUT2D eigenvalue weighted by atomic mass is 16.3. The predicted molar refractivity (Wildman–Crippen MR) is 119 cm³/mol. The maximum Gasteiger partial charge on any atom is 0.0657 e. The van der Waals surface area contributed by atoms with E-state index in [-0.39, 0.29) is 0 Å². The van der Waals surface area contributed by atoms with Crippen molar-refractivity contribution in [3.63, 3.8) is 0 Å². The Morgan fingerprint density at radius 1 is 1.14 bits per heavy atom. The number of hydrogen-bond acceptors (Lipinski definition) is 1. The Hall–Kier alpha value is -0.560. The lowest BCUT2D eigenvalue weighted by Crippen LogP contribution is -2.52. The minimum absolute atomic E-state index is 0.361. The summed E-state index contributed by atoms with van der Waals surface area (Å²) < 4.78 is 0. The Labute approximate surface area is 174 Å². The molecule has 3 saturated carbocycles. The molecule has 0 aromatic rings. The zero-order valence-corrected chi connectivity index (χ0v) is 19.0. The van der Waals surface area contributed by atoms with E-state index in [1.807, 2.05) is 6.92 Å². The molecule has 0 amide bonds. The van der Waals surface area contributed by atoms with Crippen LogP contribution in [0.15, 0.2) is 24.3 Å². The van der Waals surface area contributed by atoms with Gasteiger partial charge in [-0.15, -0.1) is 6.58 Å². The third kappa shape index (κ3) is 3.24. The Balaban J connectivity index is 1.53. The molecular formula is C27H44O. The molecular weight excluding hydrogens is 340 g/mol. The first kappa shape index (κ1) is 20.7. The molecule has 3 fully saturated rings. The predicted octanol–water partition coefficient (Wildman–Crippen LogP) is 7.31. The van der Waals surface area contributed by atoms with Crippen LogP contribution in [0.25, 0.3) is 0 Å². The van der Waals surface area contributed by atoms with Gasteiger partial charge in [0.15, 0.2) is 0 Å². The first-order valence-corrected chi connectivity index (χ1v) is 12.2. The zero-order valence-electron chi connectivity index (χ0n) is 19.0. The molecule has 0 aliphatic heterocycles. The lowest BCUT2D eigenvalue weighted by molar-refractivity contribution is -0.0705. The van der Waals surface area contributed by atoms with E-state index < -0.39 is 5.60 Å². The molecule has 1 heteroatoms. The van der Waals surface area contributed by atoms with E-state index in [9.17, 15) is 5.11 Å². The fourth-order valence-electron chi connectivity index (χ4n) is 8.57. The summed E-state index contributed by atoms with van der Waals surface area (Å²) in [6, 6.07) is 0. The first-order valence-electron chi connectivity index (χ1n) is 12.2. The fraction of sp³-hybridized carbons (Fsp3) is 0.852. The summed E-state index contributed by atoms with van der Waals surface area (Å²) in [4.78, 5) is 0. The van der Waals surface area contributed by atoms with Crippen LogP contribution in [-0.4, -0.2) is 10.7 Å². The van der Waals surface area contributed by atoms with Crippen LogP contribution in [0.2, 0.25) is 0 Å². The minimum atomic E-state index is -0.472. The second-order valence-corrected chi connectivity index (χ2v) is 11.9. The number of aliphatic hydroxyl groups is 1. The van der Waals surface area contributed by atoms with Gasteiger partial charge in [-0.2, -0.15) is 0 Å². The molecule has 4 aliphatic rings. The van der Waals surface area contributed by atoms with Crippen LogP contribution < -0.4 is 0 Å². The Morgan fingerprint density at radius 2 is 1.93 bits per heavy atom. The second kappa shape index (κ2) is 7.29. The molecule has 0 aromatic carbocycles. The molecule has 1 nitrogen and oxygen atoms in total. The van der Waals surface area contributed by atoms with Crippen molar-refractivity contribution in [2.75, 3.05) is 0 Å². The van der Waals surface area contributed by atoms with Crippen LogP contribution >= 0.6 is 0 Å². The molecule has 8 atom stereocenters. The first-order chi connectivity index (χ1) is 13.2. The van der Waals surface area contributed by atoms with E-state index >= 15 is 0 Å². The standard InChI is InChI=1S/C27H44O/c1-6-7-8-9-19(2)22-12-13-23-21-11-10-20-18-25(3,28)16-17-26(20,4)24(21)14-15-27(22,23)5/h6,10,19,21-24,28H,1,7-9,11-18H2,2-5H3/t19-,21+,22-,23+,24+,25+,26+,27-/m1/s1. The average molecular weight is 385 g/mol. The second-order valence-electron chi connectivity index (χ2n) is 11.9. The molecule has 28 heavy (non-hydrogen) atoms. The number of hydrogen-bond donors (Lipinski definition) is 1. The third-order valence-corrected chi connectivity index (χ3v) is 10.2. The van der Waals surface area contributed by atoms with Crippen LogP contribution in [0.1, 0.15) is 98.3 Å². The van der Waals surface area contributed by atoms with E-state index in [0.29, 0.717) is 10.8 Å². The largest absolute Gasteiger partial charge is 0.390 e. The van der Waals surface area contributed by atoms with Crippen LogP contribution in [-0.2, 0) is 0 Å². The maximum absolute atomic E-state index is 10.7. The van der Waals surface area contributed by atoms with E-state index in [4.69, 9.17) is 0 Å².